The Bertz CT molecular complexity index is 519. The molecule has 0 bridgehead atoms. The zero-order chi connectivity index (χ0) is 17.5. The maximum Gasteiger partial charge on any atom is 0.371 e. The van der Waals surface area contributed by atoms with E-state index < -0.39 is 19.4 Å². The van der Waals surface area contributed by atoms with Gasteiger partial charge in [-0.25, -0.2) is 0 Å². The van der Waals surface area contributed by atoms with Crippen LogP contribution in [0.5, 0.6) is 0 Å². The number of carbonyl (C=O) groups excluding carboxylic acids is 1. The van der Waals surface area contributed by atoms with Crippen LogP contribution in [0.25, 0.3) is 0 Å². The maximum absolute atomic E-state index is 13.2. The molecule has 0 unspecified atom stereocenters. The van der Waals surface area contributed by atoms with Gasteiger partial charge in [-0.15, -0.1) is 11.6 Å². The van der Waals surface area contributed by atoms with Crippen LogP contribution < -0.4 is 0 Å². The molecule has 0 amide bonds. The van der Waals surface area contributed by atoms with Gasteiger partial charge in [0.05, 0.1) is 12.2 Å². The predicted molar refractivity (Wildman–Crippen MR) is 90.8 cm³/mol. The minimum atomic E-state index is -3.68. The fourth-order valence-corrected chi connectivity index (χ4v) is 4.21. The summed E-state index contributed by atoms with van der Waals surface area (Å²) in [6.45, 7) is 7.00. The molecule has 0 fully saturated rings. The Balaban J connectivity index is 3.10. The van der Waals surface area contributed by atoms with E-state index in [2.05, 4.69) is 0 Å². The van der Waals surface area contributed by atoms with Crippen molar-refractivity contribution in [2.45, 2.75) is 52.2 Å². The SMILES string of the molecule is CC(C)OP(=O)(OC(C)C)[C@@H](Cc1ccccc1)OC(=O)CCl. The lowest BCUT2D eigenvalue weighted by atomic mass is 10.2. The van der Waals surface area contributed by atoms with E-state index >= 15 is 0 Å². The van der Waals surface area contributed by atoms with Crippen molar-refractivity contribution in [2.75, 3.05) is 5.88 Å². The Labute approximate surface area is 142 Å². The molecule has 1 rings (SSSR count). The van der Waals surface area contributed by atoms with Gasteiger partial charge in [-0.1, -0.05) is 30.3 Å². The second-order valence-electron chi connectivity index (χ2n) is 5.62. The van der Waals surface area contributed by atoms with E-state index in [1.54, 1.807) is 27.7 Å². The highest BCUT2D eigenvalue weighted by Crippen LogP contribution is 2.56. The fraction of sp³-hybridized carbons (Fsp3) is 0.562. The first kappa shape index (κ1) is 20.2. The molecule has 1 aromatic carbocycles. The lowest BCUT2D eigenvalue weighted by molar-refractivity contribution is -0.143. The minimum Gasteiger partial charge on any atom is -0.448 e. The first-order chi connectivity index (χ1) is 10.8. The summed E-state index contributed by atoms with van der Waals surface area (Å²) in [4.78, 5) is 11.6. The van der Waals surface area contributed by atoms with Gasteiger partial charge in [0.2, 0.25) is 5.85 Å². The fourth-order valence-electron chi connectivity index (χ4n) is 1.97. The summed E-state index contributed by atoms with van der Waals surface area (Å²) in [5, 5.41) is 0. The largest absolute Gasteiger partial charge is 0.448 e. The van der Waals surface area contributed by atoms with E-state index in [1.807, 2.05) is 30.3 Å². The van der Waals surface area contributed by atoms with Gasteiger partial charge in [0.25, 0.3) is 0 Å². The number of hydrogen-bond acceptors (Lipinski definition) is 5. The summed E-state index contributed by atoms with van der Waals surface area (Å²) < 4.78 is 29.6. The molecule has 0 aromatic heterocycles. The Hall–Kier alpha value is -0.870. The molecular weight excluding hydrogens is 339 g/mol. The number of hydrogen-bond donors (Lipinski definition) is 0. The van der Waals surface area contributed by atoms with Crippen LogP contribution in [-0.2, 0) is 29.6 Å². The molecule has 1 atom stereocenters. The molecular formula is C16H24ClO5P. The van der Waals surface area contributed by atoms with Crippen LogP contribution in [0, 0.1) is 0 Å². The standard InChI is InChI=1S/C16H24ClO5P/c1-12(2)21-23(19,22-13(3)4)16(20-15(18)11-17)10-14-8-6-5-7-9-14/h5-9,12-13,16H,10-11H2,1-4H3/t16-/m0/s1. The number of ether oxygens (including phenoxy) is 1. The molecule has 0 N–H and O–H groups in total. The molecule has 7 heteroatoms. The van der Waals surface area contributed by atoms with Crippen LogP contribution in [0.1, 0.15) is 33.3 Å². The highest BCUT2D eigenvalue weighted by molar-refractivity contribution is 7.54. The first-order valence-electron chi connectivity index (χ1n) is 7.52. The highest BCUT2D eigenvalue weighted by Gasteiger charge is 2.41. The van der Waals surface area contributed by atoms with E-state index in [0.29, 0.717) is 0 Å². The van der Waals surface area contributed by atoms with Crippen molar-refractivity contribution in [3.63, 3.8) is 0 Å². The van der Waals surface area contributed by atoms with Gasteiger partial charge in [-0.3, -0.25) is 9.36 Å². The molecule has 0 heterocycles. The summed E-state index contributed by atoms with van der Waals surface area (Å²) in [5.41, 5.74) is 0.861. The van der Waals surface area contributed by atoms with Crippen LogP contribution in [0.4, 0.5) is 0 Å². The maximum atomic E-state index is 13.2. The van der Waals surface area contributed by atoms with Gasteiger partial charge in [-0.2, -0.15) is 0 Å². The van der Waals surface area contributed by atoms with Crippen molar-refractivity contribution in [3.05, 3.63) is 35.9 Å². The van der Waals surface area contributed by atoms with Gasteiger partial charge >= 0.3 is 13.6 Å². The molecule has 130 valence electrons. The van der Waals surface area contributed by atoms with E-state index in [1.165, 1.54) is 0 Å². The van der Waals surface area contributed by atoms with Gasteiger partial charge in [0.1, 0.15) is 5.88 Å². The smallest absolute Gasteiger partial charge is 0.371 e. The molecule has 0 aliphatic carbocycles. The van der Waals surface area contributed by atoms with Gasteiger partial charge in [-0.05, 0) is 33.3 Å². The molecule has 0 aliphatic heterocycles. The van der Waals surface area contributed by atoms with Crippen LogP contribution in [0.15, 0.2) is 30.3 Å². The lowest BCUT2D eigenvalue weighted by Gasteiger charge is -2.29. The number of carbonyl (C=O) groups is 1. The van der Waals surface area contributed by atoms with Gasteiger partial charge < -0.3 is 13.8 Å². The third kappa shape index (κ3) is 7.05. The summed E-state index contributed by atoms with van der Waals surface area (Å²) in [7, 11) is -3.68. The number of rotatable bonds is 9. The Morgan fingerprint density at radius 2 is 1.61 bits per heavy atom. The number of alkyl halides is 1. The molecule has 0 aliphatic rings. The van der Waals surface area contributed by atoms with Crippen molar-refractivity contribution in [3.8, 4) is 0 Å². The minimum absolute atomic E-state index is 0.222. The summed E-state index contributed by atoms with van der Waals surface area (Å²) in [6.07, 6.45) is -0.458. The quantitative estimate of drug-likeness (QED) is 0.370. The van der Waals surface area contributed by atoms with Gasteiger partial charge in [0, 0.05) is 6.42 Å². The normalized spacial score (nSPS) is 13.3. The molecule has 1 aromatic rings. The molecule has 0 saturated heterocycles. The summed E-state index contributed by atoms with van der Waals surface area (Å²) in [5.74, 6) is -2.03. The Morgan fingerprint density at radius 3 is 2.04 bits per heavy atom. The second-order valence-corrected chi connectivity index (χ2v) is 7.96. The van der Waals surface area contributed by atoms with Crippen molar-refractivity contribution in [2.24, 2.45) is 0 Å². The Kier molecular flexibility index (Phi) is 8.27. The zero-order valence-electron chi connectivity index (χ0n) is 13.9. The van der Waals surface area contributed by atoms with Crippen LogP contribution in [0.3, 0.4) is 0 Å². The molecule has 5 nitrogen and oxygen atoms in total. The van der Waals surface area contributed by atoms with Crippen molar-refractivity contribution >= 4 is 25.2 Å². The number of halogens is 1. The van der Waals surface area contributed by atoms with E-state index in [9.17, 15) is 9.36 Å². The first-order valence-corrected chi connectivity index (χ1v) is 9.67. The third-order valence-corrected chi connectivity index (χ3v) is 5.34. The van der Waals surface area contributed by atoms with Crippen LogP contribution in [0.2, 0.25) is 0 Å². The van der Waals surface area contributed by atoms with Gasteiger partial charge in [0.15, 0.2) is 0 Å². The van der Waals surface area contributed by atoms with Crippen LogP contribution in [-0.4, -0.2) is 29.9 Å². The third-order valence-electron chi connectivity index (χ3n) is 2.70. The van der Waals surface area contributed by atoms with Crippen LogP contribution >= 0.6 is 19.2 Å². The van der Waals surface area contributed by atoms with E-state index in [0.717, 1.165) is 5.56 Å². The van der Waals surface area contributed by atoms with Crippen molar-refractivity contribution in [1.82, 2.24) is 0 Å². The topological polar surface area (TPSA) is 61.8 Å². The molecule has 23 heavy (non-hydrogen) atoms. The number of esters is 1. The summed E-state index contributed by atoms with van der Waals surface area (Å²) >= 11 is 5.51. The molecule has 0 radical (unpaired) electrons. The molecule has 0 saturated carbocycles. The van der Waals surface area contributed by atoms with Crippen molar-refractivity contribution in [1.29, 1.82) is 0 Å². The van der Waals surface area contributed by atoms with E-state index in [4.69, 9.17) is 25.4 Å². The number of benzene rings is 1. The molecule has 0 spiro atoms. The second kappa shape index (κ2) is 9.43. The highest BCUT2D eigenvalue weighted by atomic mass is 35.5. The average Bonchev–Trinajstić information content (AvgIpc) is 2.45. The Morgan fingerprint density at radius 1 is 1.09 bits per heavy atom. The predicted octanol–water partition coefficient (Wildman–Crippen LogP) is 4.38. The average molecular weight is 363 g/mol. The van der Waals surface area contributed by atoms with E-state index in [-0.39, 0.29) is 24.5 Å². The lowest BCUT2D eigenvalue weighted by Crippen LogP contribution is -2.26. The summed E-state index contributed by atoms with van der Waals surface area (Å²) in [6, 6.07) is 9.30. The van der Waals surface area contributed by atoms with Crippen molar-refractivity contribution < 1.29 is 23.1 Å². The monoisotopic (exact) mass is 362 g/mol. The zero-order valence-corrected chi connectivity index (χ0v) is 15.5.